The molecule has 0 aliphatic rings. The molecule has 1 aromatic heterocycles. The van der Waals surface area contributed by atoms with Crippen molar-refractivity contribution in [1.82, 2.24) is 9.78 Å². The van der Waals surface area contributed by atoms with Crippen LogP contribution in [-0.2, 0) is 6.54 Å². The minimum Gasteiger partial charge on any atom is -0.383 e. The molecule has 3 rings (SSSR count). The van der Waals surface area contributed by atoms with Gasteiger partial charge < -0.3 is 5.32 Å². The van der Waals surface area contributed by atoms with Gasteiger partial charge in [0.15, 0.2) is 0 Å². The summed E-state index contributed by atoms with van der Waals surface area (Å²) in [6.07, 6.45) is 4.00. The average Bonchev–Trinajstić information content (AvgIpc) is 2.98. The van der Waals surface area contributed by atoms with E-state index >= 15 is 0 Å². The van der Waals surface area contributed by atoms with Crippen molar-refractivity contribution in [2.75, 3.05) is 11.9 Å². The molecule has 100 valence electrons. The van der Waals surface area contributed by atoms with Gasteiger partial charge in [-0.1, -0.05) is 48.5 Å². The molecule has 0 fully saturated rings. The molecule has 1 N–H and O–H groups in total. The number of nitrogens with zero attached hydrogens (tertiary/aromatic N) is 2. The normalized spacial score (nSPS) is 10.4. The third-order valence-electron chi connectivity index (χ3n) is 3.18. The molecule has 0 saturated heterocycles. The van der Waals surface area contributed by atoms with Crippen LogP contribution >= 0.6 is 0 Å². The van der Waals surface area contributed by atoms with Crippen LogP contribution in [0.4, 0.5) is 5.69 Å². The van der Waals surface area contributed by atoms with Gasteiger partial charge in [0.2, 0.25) is 0 Å². The van der Waals surface area contributed by atoms with Crippen molar-refractivity contribution in [2.45, 2.75) is 6.54 Å². The van der Waals surface area contributed by atoms with Gasteiger partial charge in [-0.25, -0.2) is 0 Å². The second kappa shape index (κ2) is 6.06. The molecule has 0 atom stereocenters. The summed E-state index contributed by atoms with van der Waals surface area (Å²) in [6.45, 7) is 1.71. The first kappa shape index (κ1) is 12.5. The number of anilines is 1. The maximum atomic E-state index is 4.40. The number of hydrogen-bond acceptors (Lipinski definition) is 2. The summed E-state index contributed by atoms with van der Waals surface area (Å²) in [6, 6.07) is 20.5. The lowest BCUT2D eigenvalue weighted by molar-refractivity contribution is 0.638. The van der Waals surface area contributed by atoms with Crippen LogP contribution in [0.25, 0.3) is 11.1 Å². The van der Waals surface area contributed by atoms with Crippen LogP contribution in [0.5, 0.6) is 0 Å². The molecule has 1 heterocycles. The first-order valence-electron chi connectivity index (χ1n) is 6.78. The summed E-state index contributed by atoms with van der Waals surface area (Å²) >= 11 is 0. The number of rotatable bonds is 5. The van der Waals surface area contributed by atoms with Crippen molar-refractivity contribution in [2.24, 2.45) is 0 Å². The van der Waals surface area contributed by atoms with E-state index in [1.54, 1.807) is 0 Å². The van der Waals surface area contributed by atoms with Crippen molar-refractivity contribution in [3.8, 4) is 11.1 Å². The highest BCUT2D eigenvalue weighted by molar-refractivity contribution is 5.61. The molecule has 0 aliphatic carbocycles. The van der Waals surface area contributed by atoms with Gasteiger partial charge in [-0.2, -0.15) is 5.10 Å². The van der Waals surface area contributed by atoms with Crippen molar-refractivity contribution in [1.29, 1.82) is 0 Å². The highest BCUT2D eigenvalue weighted by Crippen LogP contribution is 2.17. The molecule has 0 unspecified atom stereocenters. The standard InChI is InChI=1S/C17H17N3/c1-3-7-15(8-4-1)16-13-19-20(14-16)12-11-18-17-9-5-2-6-10-17/h1-10,13-14,18H,11-12H2. The fourth-order valence-electron chi connectivity index (χ4n) is 2.14. The maximum absolute atomic E-state index is 4.40. The Balaban J connectivity index is 1.58. The molecular formula is C17H17N3. The maximum Gasteiger partial charge on any atom is 0.0582 e. The lowest BCUT2D eigenvalue weighted by Gasteiger charge is -2.05. The molecule has 20 heavy (non-hydrogen) atoms. The second-order valence-electron chi connectivity index (χ2n) is 4.65. The molecule has 0 radical (unpaired) electrons. The van der Waals surface area contributed by atoms with Gasteiger partial charge in [0.1, 0.15) is 0 Å². The van der Waals surface area contributed by atoms with Gasteiger partial charge in [-0.05, 0) is 17.7 Å². The summed E-state index contributed by atoms with van der Waals surface area (Å²) in [5.74, 6) is 0. The van der Waals surface area contributed by atoms with E-state index < -0.39 is 0 Å². The van der Waals surface area contributed by atoms with Crippen LogP contribution in [0, 0.1) is 0 Å². The first-order chi connectivity index (χ1) is 9.92. The third-order valence-corrected chi connectivity index (χ3v) is 3.18. The molecule has 0 amide bonds. The number of para-hydroxylation sites is 1. The summed E-state index contributed by atoms with van der Waals surface area (Å²) in [5.41, 5.74) is 3.50. The highest BCUT2D eigenvalue weighted by atomic mass is 15.3. The van der Waals surface area contributed by atoms with E-state index in [9.17, 15) is 0 Å². The third kappa shape index (κ3) is 3.06. The van der Waals surface area contributed by atoms with Crippen LogP contribution in [0.15, 0.2) is 73.1 Å². The van der Waals surface area contributed by atoms with Crippen molar-refractivity contribution >= 4 is 5.69 Å². The van der Waals surface area contributed by atoms with Gasteiger partial charge in [0.25, 0.3) is 0 Å². The molecule has 0 bridgehead atoms. The van der Waals surface area contributed by atoms with Crippen molar-refractivity contribution < 1.29 is 0 Å². The summed E-state index contributed by atoms with van der Waals surface area (Å²) in [4.78, 5) is 0. The van der Waals surface area contributed by atoms with Crippen LogP contribution in [0.1, 0.15) is 0 Å². The predicted octanol–water partition coefficient (Wildman–Crippen LogP) is 3.66. The Morgan fingerprint density at radius 3 is 2.30 bits per heavy atom. The van der Waals surface area contributed by atoms with E-state index in [1.165, 1.54) is 5.56 Å². The minimum atomic E-state index is 0.849. The number of nitrogens with one attached hydrogen (secondary N) is 1. The van der Waals surface area contributed by atoms with E-state index in [2.05, 4.69) is 40.9 Å². The fourth-order valence-corrected chi connectivity index (χ4v) is 2.14. The van der Waals surface area contributed by atoms with Crippen LogP contribution in [-0.4, -0.2) is 16.3 Å². The Morgan fingerprint density at radius 1 is 0.850 bits per heavy atom. The van der Waals surface area contributed by atoms with Gasteiger partial charge >= 0.3 is 0 Å². The summed E-state index contributed by atoms with van der Waals surface area (Å²) in [5, 5.41) is 7.78. The van der Waals surface area contributed by atoms with E-state index in [4.69, 9.17) is 0 Å². The minimum absolute atomic E-state index is 0.849. The monoisotopic (exact) mass is 263 g/mol. The zero-order valence-electron chi connectivity index (χ0n) is 11.2. The Labute approximate surface area is 118 Å². The molecule has 3 heteroatoms. The Hall–Kier alpha value is -2.55. The summed E-state index contributed by atoms with van der Waals surface area (Å²) < 4.78 is 1.97. The molecule has 0 aliphatic heterocycles. The number of hydrogen-bond donors (Lipinski definition) is 1. The topological polar surface area (TPSA) is 29.9 Å². The largest absolute Gasteiger partial charge is 0.383 e. The van der Waals surface area contributed by atoms with E-state index in [-0.39, 0.29) is 0 Å². The van der Waals surface area contributed by atoms with Gasteiger partial charge in [0.05, 0.1) is 12.7 Å². The van der Waals surface area contributed by atoms with Crippen molar-refractivity contribution in [3.05, 3.63) is 73.1 Å². The zero-order valence-corrected chi connectivity index (χ0v) is 11.2. The van der Waals surface area contributed by atoms with E-state index in [1.807, 2.05) is 47.3 Å². The smallest absolute Gasteiger partial charge is 0.0582 e. The van der Waals surface area contributed by atoms with Crippen LogP contribution in [0.3, 0.4) is 0 Å². The zero-order chi connectivity index (χ0) is 13.6. The molecular weight excluding hydrogens is 246 g/mol. The van der Waals surface area contributed by atoms with Crippen LogP contribution in [0.2, 0.25) is 0 Å². The van der Waals surface area contributed by atoms with Gasteiger partial charge in [-0.3, -0.25) is 4.68 Å². The van der Waals surface area contributed by atoms with E-state index in [0.717, 1.165) is 24.3 Å². The predicted molar refractivity (Wildman–Crippen MR) is 82.6 cm³/mol. The Morgan fingerprint density at radius 2 is 1.55 bits per heavy atom. The quantitative estimate of drug-likeness (QED) is 0.761. The molecule has 3 aromatic rings. The Bertz CT molecular complexity index is 644. The number of aromatic nitrogens is 2. The summed E-state index contributed by atoms with van der Waals surface area (Å²) in [7, 11) is 0. The molecule has 3 nitrogen and oxygen atoms in total. The van der Waals surface area contributed by atoms with Crippen molar-refractivity contribution in [3.63, 3.8) is 0 Å². The van der Waals surface area contributed by atoms with Gasteiger partial charge in [-0.15, -0.1) is 0 Å². The van der Waals surface area contributed by atoms with Crippen LogP contribution < -0.4 is 5.32 Å². The molecule has 2 aromatic carbocycles. The highest BCUT2D eigenvalue weighted by Gasteiger charge is 2.00. The van der Waals surface area contributed by atoms with Gasteiger partial charge in [0, 0.05) is 24.0 Å². The SMILES string of the molecule is c1ccc(NCCn2cc(-c3ccccc3)cn2)cc1. The molecule has 0 saturated carbocycles. The lowest BCUT2D eigenvalue weighted by atomic mass is 10.1. The lowest BCUT2D eigenvalue weighted by Crippen LogP contribution is -2.10. The average molecular weight is 263 g/mol. The Kier molecular flexibility index (Phi) is 3.78. The first-order valence-corrected chi connectivity index (χ1v) is 6.78. The van der Waals surface area contributed by atoms with E-state index in [0.29, 0.717) is 0 Å². The second-order valence-corrected chi connectivity index (χ2v) is 4.65. The number of benzene rings is 2. The fraction of sp³-hybridized carbons (Fsp3) is 0.118. The molecule has 0 spiro atoms.